The van der Waals surface area contributed by atoms with Crippen molar-refractivity contribution in [1.82, 2.24) is 0 Å². The summed E-state index contributed by atoms with van der Waals surface area (Å²) in [5, 5.41) is 2.13. The van der Waals surface area contributed by atoms with Crippen molar-refractivity contribution in [2.24, 2.45) is 17.8 Å². The van der Waals surface area contributed by atoms with Gasteiger partial charge in [0.25, 0.3) is 0 Å². The minimum atomic E-state index is -0.161. The van der Waals surface area contributed by atoms with Crippen LogP contribution in [0.15, 0.2) is 0 Å². The average Bonchev–Trinajstić information content (AvgIpc) is 2.25. The van der Waals surface area contributed by atoms with E-state index < -0.39 is 0 Å². The van der Waals surface area contributed by atoms with E-state index in [1.54, 1.807) is 0 Å². The van der Waals surface area contributed by atoms with E-state index in [9.17, 15) is 4.79 Å². The van der Waals surface area contributed by atoms with Crippen molar-refractivity contribution in [3.8, 4) is 0 Å². The number of carbonyl (C=O) groups excluding carboxylic acids is 1. The second-order valence-electron chi connectivity index (χ2n) is 4.42. The minimum Gasteiger partial charge on any atom is -0.466 e. The molecule has 2 atom stereocenters. The predicted octanol–water partition coefficient (Wildman–Crippen LogP) is 3.37. The van der Waals surface area contributed by atoms with Gasteiger partial charge in [-0.05, 0) is 37.0 Å². The first kappa shape index (κ1) is 13.5. The van der Waals surface area contributed by atoms with Crippen LogP contribution in [-0.2, 0) is 9.53 Å². The number of hydrogen-bond acceptors (Lipinski definition) is 2. The number of hydrogen-bond donors (Lipinski definition) is 0. The molecule has 0 amide bonds. The van der Waals surface area contributed by atoms with E-state index in [4.69, 9.17) is 4.74 Å². The highest BCUT2D eigenvalue weighted by atomic mass is 79.9. The molecule has 2 unspecified atom stereocenters. The molecule has 1 aliphatic rings. The molecule has 0 N–H and O–H groups in total. The van der Waals surface area contributed by atoms with Gasteiger partial charge in [-0.2, -0.15) is 0 Å². The van der Waals surface area contributed by atoms with E-state index in [2.05, 4.69) is 31.9 Å². The molecule has 15 heavy (non-hydrogen) atoms. The van der Waals surface area contributed by atoms with Gasteiger partial charge in [0.1, 0.15) is 0 Å². The Bertz CT molecular complexity index is 197. The van der Waals surface area contributed by atoms with Crippen LogP contribution >= 0.6 is 31.9 Å². The summed E-state index contributed by atoms with van der Waals surface area (Å²) in [6.45, 7) is 2.08. The van der Waals surface area contributed by atoms with Crippen LogP contribution in [0, 0.1) is 17.8 Å². The van der Waals surface area contributed by atoms with Crippen molar-refractivity contribution in [3.05, 3.63) is 0 Å². The molecule has 1 aliphatic carbocycles. The van der Waals surface area contributed by atoms with Crippen LogP contribution in [0.1, 0.15) is 26.2 Å². The van der Waals surface area contributed by atoms with E-state index in [1.165, 1.54) is 26.2 Å². The van der Waals surface area contributed by atoms with Crippen LogP contribution in [0.25, 0.3) is 0 Å². The number of rotatable bonds is 4. The lowest BCUT2D eigenvalue weighted by atomic mass is 9.77. The maximum absolute atomic E-state index is 10.7. The standard InChI is InChI=1S/C11H18Br2O2/c1-8(14)15-7-11-3-9(5-12)2-10(4-11)6-13/h9-11H,2-7H2,1H3. The second kappa shape index (κ2) is 6.89. The molecule has 0 bridgehead atoms. The van der Waals surface area contributed by atoms with Crippen molar-refractivity contribution in [2.75, 3.05) is 17.3 Å². The fourth-order valence-corrected chi connectivity index (χ4v) is 3.38. The zero-order chi connectivity index (χ0) is 11.3. The summed E-state index contributed by atoms with van der Waals surface area (Å²) in [6, 6.07) is 0. The van der Waals surface area contributed by atoms with E-state index >= 15 is 0 Å². The molecule has 0 spiro atoms. The zero-order valence-corrected chi connectivity index (χ0v) is 12.2. The van der Waals surface area contributed by atoms with Crippen LogP contribution < -0.4 is 0 Å². The van der Waals surface area contributed by atoms with Crippen molar-refractivity contribution >= 4 is 37.8 Å². The zero-order valence-electron chi connectivity index (χ0n) is 9.05. The highest BCUT2D eigenvalue weighted by Crippen LogP contribution is 2.35. The molecular weight excluding hydrogens is 324 g/mol. The molecule has 0 aliphatic heterocycles. The lowest BCUT2D eigenvalue weighted by molar-refractivity contribution is -0.142. The number of carbonyl (C=O) groups is 1. The SMILES string of the molecule is CC(=O)OCC1CC(CBr)CC(CBr)C1. The maximum atomic E-state index is 10.7. The van der Waals surface area contributed by atoms with Crippen molar-refractivity contribution in [3.63, 3.8) is 0 Å². The van der Waals surface area contributed by atoms with Gasteiger partial charge in [0.15, 0.2) is 0 Å². The Labute approximate surface area is 108 Å². The van der Waals surface area contributed by atoms with Gasteiger partial charge in [-0.15, -0.1) is 0 Å². The van der Waals surface area contributed by atoms with Crippen LogP contribution in [-0.4, -0.2) is 23.2 Å². The average molecular weight is 342 g/mol. The van der Waals surface area contributed by atoms with E-state index in [0.717, 1.165) is 22.5 Å². The molecule has 0 aromatic rings. The summed E-state index contributed by atoms with van der Waals surface area (Å²) in [6.07, 6.45) is 3.65. The van der Waals surface area contributed by atoms with Gasteiger partial charge >= 0.3 is 5.97 Å². The first-order valence-electron chi connectivity index (χ1n) is 5.41. The third kappa shape index (κ3) is 4.85. The lowest BCUT2D eigenvalue weighted by Gasteiger charge is -2.33. The molecule has 88 valence electrons. The Kier molecular flexibility index (Phi) is 6.20. The van der Waals surface area contributed by atoms with Gasteiger partial charge in [-0.25, -0.2) is 0 Å². The van der Waals surface area contributed by atoms with Crippen molar-refractivity contribution in [2.45, 2.75) is 26.2 Å². The number of ether oxygens (including phenoxy) is 1. The van der Waals surface area contributed by atoms with Gasteiger partial charge in [0.05, 0.1) is 6.61 Å². The largest absolute Gasteiger partial charge is 0.466 e. The lowest BCUT2D eigenvalue weighted by Crippen LogP contribution is -2.28. The molecule has 0 radical (unpaired) electrons. The van der Waals surface area contributed by atoms with Crippen LogP contribution in [0.5, 0.6) is 0 Å². The smallest absolute Gasteiger partial charge is 0.302 e. The van der Waals surface area contributed by atoms with Crippen LogP contribution in [0.2, 0.25) is 0 Å². The first-order valence-corrected chi connectivity index (χ1v) is 7.65. The van der Waals surface area contributed by atoms with Gasteiger partial charge in [-0.3, -0.25) is 4.79 Å². The third-order valence-electron chi connectivity index (χ3n) is 2.96. The second-order valence-corrected chi connectivity index (χ2v) is 5.71. The van der Waals surface area contributed by atoms with E-state index in [-0.39, 0.29) is 5.97 Å². The molecule has 1 saturated carbocycles. The fourth-order valence-electron chi connectivity index (χ4n) is 2.33. The van der Waals surface area contributed by atoms with E-state index in [0.29, 0.717) is 12.5 Å². The normalized spacial score (nSPS) is 31.3. The molecule has 1 rings (SSSR count). The molecular formula is C11H18Br2O2. The maximum Gasteiger partial charge on any atom is 0.302 e. The summed E-state index contributed by atoms with van der Waals surface area (Å²) in [5.41, 5.74) is 0. The molecule has 1 fully saturated rings. The number of alkyl halides is 2. The van der Waals surface area contributed by atoms with Gasteiger partial charge < -0.3 is 4.74 Å². The summed E-state index contributed by atoms with van der Waals surface area (Å²) < 4.78 is 5.10. The van der Waals surface area contributed by atoms with Crippen LogP contribution in [0.3, 0.4) is 0 Å². The topological polar surface area (TPSA) is 26.3 Å². The van der Waals surface area contributed by atoms with Crippen molar-refractivity contribution < 1.29 is 9.53 Å². The highest BCUT2D eigenvalue weighted by molar-refractivity contribution is 9.09. The van der Waals surface area contributed by atoms with Gasteiger partial charge in [-0.1, -0.05) is 31.9 Å². The molecule has 0 aromatic carbocycles. The Morgan fingerprint density at radius 3 is 2.00 bits per heavy atom. The predicted molar refractivity (Wildman–Crippen MR) is 68.5 cm³/mol. The number of halogens is 2. The highest BCUT2D eigenvalue weighted by Gasteiger charge is 2.28. The Balaban J connectivity index is 2.39. The summed E-state index contributed by atoms with van der Waals surface area (Å²) in [5.74, 6) is 1.86. The quantitative estimate of drug-likeness (QED) is 0.579. The number of esters is 1. The van der Waals surface area contributed by atoms with Crippen molar-refractivity contribution in [1.29, 1.82) is 0 Å². The third-order valence-corrected chi connectivity index (χ3v) is 4.79. The Hall–Kier alpha value is 0.430. The Morgan fingerprint density at radius 1 is 1.13 bits per heavy atom. The summed E-state index contributed by atoms with van der Waals surface area (Å²) in [4.78, 5) is 10.7. The first-order chi connectivity index (χ1) is 7.15. The van der Waals surface area contributed by atoms with E-state index in [1.807, 2.05) is 0 Å². The monoisotopic (exact) mass is 340 g/mol. The summed E-state index contributed by atoms with van der Waals surface area (Å²) in [7, 11) is 0. The molecule has 2 nitrogen and oxygen atoms in total. The fraction of sp³-hybridized carbons (Fsp3) is 0.909. The minimum absolute atomic E-state index is 0.161. The Morgan fingerprint density at radius 2 is 1.60 bits per heavy atom. The van der Waals surface area contributed by atoms with Crippen LogP contribution in [0.4, 0.5) is 0 Å². The molecule has 0 aromatic heterocycles. The summed E-state index contributed by atoms with van der Waals surface area (Å²) >= 11 is 7.10. The molecule has 0 heterocycles. The molecule has 0 saturated heterocycles. The van der Waals surface area contributed by atoms with Gasteiger partial charge in [0, 0.05) is 17.6 Å². The van der Waals surface area contributed by atoms with Gasteiger partial charge in [0.2, 0.25) is 0 Å². The molecule has 4 heteroatoms.